The molecule has 428 valence electrons. The third-order valence-electron chi connectivity index (χ3n) is 17.5. The molecule has 0 bridgehead atoms. The third kappa shape index (κ3) is 9.76. The summed E-state index contributed by atoms with van der Waals surface area (Å²) >= 11 is 0. The minimum Gasteiger partial charge on any atom is -0.263 e. The highest BCUT2D eigenvalue weighted by molar-refractivity contribution is 6.24. The van der Waals surface area contributed by atoms with Crippen LogP contribution in [0.2, 0.25) is 0 Å². The molecule has 0 fully saturated rings. The van der Waals surface area contributed by atoms with Crippen LogP contribution in [0.5, 0.6) is 0 Å². The largest absolute Gasteiger partial charge is 0.263 e. The molecule has 18 aromatic rings. The number of rotatable bonds is 8. The summed E-state index contributed by atoms with van der Waals surface area (Å²) in [6.45, 7) is 0. The van der Waals surface area contributed by atoms with Crippen LogP contribution in [-0.4, -0.2) is 39.9 Å². The molecule has 4 aromatic heterocycles. The molecular formula is C84H52N8. The van der Waals surface area contributed by atoms with Crippen molar-refractivity contribution in [3.8, 4) is 90.6 Å². The zero-order valence-electron chi connectivity index (χ0n) is 49.6. The van der Waals surface area contributed by atoms with Crippen LogP contribution in [0.1, 0.15) is 0 Å². The van der Waals surface area contributed by atoms with Crippen molar-refractivity contribution in [2.24, 2.45) is 0 Å². The second-order valence-electron chi connectivity index (χ2n) is 23.0. The van der Waals surface area contributed by atoms with Gasteiger partial charge in [-0.1, -0.05) is 273 Å². The van der Waals surface area contributed by atoms with Gasteiger partial charge in [0.15, 0.2) is 34.9 Å². The predicted octanol–water partition coefficient (Wildman–Crippen LogP) is 21.1. The Balaban J connectivity index is 0.000000141. The van der Waals surface area contributed by atoms with Gasteiger partial charge >= 0.3 is 0 Å². The topological polar surface area (TPSA) is 103 Å². The van der Waals surface area contributed by atoms with Gasteiger partial charge in [-0.2, -0.15) is 0 Å². The molecule has 18 rings (SSSR count). The second kappa shape index (κ2) is 22.9. The van der Waals surface area contributed by atoms with E-state index in [1.165, 1.54) is 48.5 Å². The number of pyridine rings is 2. The van der Waals surface area contributed by atoms with E-state index >= 15 is 0 Å². The Labute approximate surface area is 529 Å². The number of aromatic nitrogens is 8. The Kier molecular flexibility index (Phi) is 13.4. The molecule has 0 spiro atoms. The summed E-state index contributed by atoms with van der Waals surface area (Å²) in [5.41, 5.74) is 11.2. The van der Waals surface area contributed by atoms with Gasteiger partial charge in [0.2, 0.25) is 0 Å². The molecule has 4 heterocycles. The average Bonchev–Trinajstić information content (AvgIpc) is 0.801. The van der Waals surface area contributed by atoms with Gasteiger partial charge in [-0.05, 0) is 111 Å². The molecule has 0 radical (unpaired) electrons. The summed E-state index contributed by atoms with van der Waals surface area (Å²) in [7, 11) is 0. The van der Waals surface area contributed by atoms with E-state index in [-0.39, 0.29) is 0 Å². The van der Waals surface area contributed by atoms with Crippen LogP contribution in [-0.2, 0) is 0 Å². The van der Waals surface area contributed by atoms with Crippen molar-refractivity contribution in [2.45, 2.75) is 0 Å². The predicted molar refractivity (Wildman–Crippen MR) is 379 cm³/mol. The standard InChI is InChI=1S/2C42H26N4/c1-2-11-29(12-3-1)40-44-41(30-21-18-28(19-22-30)38-26-43-25-32-13-5-6-14-33(32)38)46-42(45-40)37-24-31-23-20-27-10-4-7-15-34(27)39(31)36-17-9-8-16-35(36)37;1-2-11-29(12-3-1)40-44-41(30-21-18-28(19-22-30)32-24-25-43-38-17-9-8-15-35(32)38)46-42(45-40)37-26-31-23-20-27-10-4-5-13-33(27)39(31)36-16-7-6-14-34(36)37/h2*1-26H. The van der Waals surface area contributed by atoms with E-state index in [4.69, 9.17) is 29.9 Å². The number of hydrogen-bond acceptors (Lipinski definition) is 8. The summed E-state index contributed by atoms with van der Waals surface area (Å²) in [6.07, 6.45) is 5.70. The van der Waals surface area contributed by atoms with E-state index in [9.17, 15) is 0 Å². The highest BCUT2D eigenvalue weighted by atomic mass is 15.0. The molecule has 0 saturated heterocycles. The molecule has 0 atom stereocenters. The molecule has 0 aliphatic rings. The molecule has 0 amide bonds. The molecule has 0 aliphatic carbocycles. The van der Waals surface area contributed by atoms with Crippen LogP contribution >= 0.6 is 0 Å². The van der Waals surface area contributed by atoms with Crippen LogP contribution < -0.4 is 0 Å². The van der Waals surface area contributed by atoms with Crippen molar-refractivity contribution < 1.29 is 0 Å². The highest BCUT2D eigenvalue weighted by Gasteiger charge is 2.20. The maximum absolute atomic E-state index is 5.14. The van der Waals surface area contributed by atoms with Gasteiger partial charge in [0.05, 0.1) is 5.52 Å². The Bertz CT molecular complexity index is 5500. The Morgan fingerprint density at radius 1 is 0.196 bits per heavy atom. The first-order valence-corrected chi connectivity index (χ1v) is 30.8. The van der Waals surface area contributed by atoms with E-state index in [0.717, 1.165) is 93.5 Å². The highest BCUT2D eigenvalue weighted by Crippen LogP contribution is 2.41. The van der Waals surface area contributed by atoms with Crippen LogP contribution in [0.3, 0.4) is 0 Å². The van der Waals surface area contributed by atoms with Crippen molar-refractivity contribution in [2.75, 3.05) is 0 Å². The van der Waals surface area contributed by atoms with Gasteiger partial charge in [0.1, 0.15) is 0 Å². The van der Waals surface area contributed by atoms with Gasteiger partial charge in [-0.25, -0.2) is 29.9 Å². The number of hydrogen-bond donors (Lipinski definition) is 0. The average molecular weight is 1170 g/mol. The summed E-state index contributed by atoms with van der Waals surface area (Å²) in [5, 5.41) is 17.8. The van der Waals surface area contributed by atoms with Crippen molar-refractivity contribution >= 4 is 86.3 Å². The Hall–Kier alpha value is -12.5. The lowest BCUT2D eigenvalue weighted by molar-refractivity contribution is 1.08. The molecule has 92 heavy (non-hydrogen) atoms. The maximum Gasteiger partial charge on any atom is 0.164 e. The van der Waals surface area contributed by atoms with E-state index in [0.29, 0.717) is 34.9 Å². The number of fused-ring (bicyclic) bond motifs is 12. The Morgan fingerprint density at radius 3 is 1.05 bits per heavy atom. The summed E-state index contributed by atoms with van der Waals surface area (Å²) in [5.74, 6) is 3.86. The SMILES string of the molecule is c1ccc(-c2nc(-c3ccc(-c4ccnc5ccccc45)cc3)nc(-c3cc4ccc5ccccc5c4c4ccccc34)n2)cc1.c1ccc(-c2nc(-c3ccc(-c4cncc5ccccc45)cc3)nc(-c3cc4ccc5ccccc5c4c4ccccc34)n2)cc1. The van der Waals surface area contributed by atoms with E-state index in [2.05, 4.69) is 228 Å². The normalized spacial score (nSPS) is 11.5. The summed E-state index contributed by atoms with van der Waals surface area (Å²) < 4.78 is 0. The first kappa shape index (κ1) is 53.7. The summed E-state index contributed by atoms with van der Waals surface area (Å²) in [6, 6.07) is 103. The van der Waals surface area contributed by atoms with Crippen LogP contribution in [0, 0.1) is 0 Å². The lowest BCUT2D eigenvalue weighted by Crippen LogP contribution is -2.01. The van der Waals surface area contributed by atoms with Gasteiger partial charge in [0.25, 0.3) is 0 Å². The minimum atomic E-state index is 0.633. The maximum atomic E-state index is 5.14. The van der Waals surface area contributed by atoms with Gasteiger partial charge in [0, 0.05) is 68.3 Å². The van der Waals surface area contributed by atoms with Crippen molar-refractivity contribution in [1.29, 1.82) is 0 Å². The lowest BCUT2D eigenvalue weighted by Gasteiger charge is -2.14. The molecule has 0 saturated carbocycles. The van der Waals surface area contributed by atoms with Crippen molar-refractivity contribution in [1.82, 2.24) is 39.9 Å². The second-order valence-corrected chi connectivity index (χ2v) is 23.0. The molecular weight excluding hydrogens is 1120 g/mol. The van der Waals surface area contributed by atoms with Gasteiger partial charge < -0.3 is 0 Å². The molecule has 8 nitrogen and oxygen atoms in total. The molecule has 14 aromatic carbocycles. The fourth-order valence-corrected chi connectivity index (χ4v) is 13.1. The quantitative estimate of drug-likeness (QED) is 0.139. The summed E-state index contributed by atoms with van der Waals surface area (Å²) in [4.78, 5) is 39.5. The van der Waals surface area contributed by atoms with Gasteiger partial charge in [-0.15, -0.1) is 0 Å². The zero-order chi connectivity index (χ0) is 60.9. The molecule has 0 N–H and O–H groups in total. The van der Waals surface area contributed by atoms with E-state index < -0.39 is 0 Å². The van der Waals surface area contributed by atoms with Crippen LogP contribution in [0.15, 0.2) is 316 Å². The fraction of sp³-hybridized carbons (Fsp3) is 0. The number of nitrogens with zero attached hydrogens (tertiary/aromatic N) is 8. The van der Waals surface area contributed by atoms with Crippen molar-refractivity contribution in [3.63, 3.8) is 0 Å². The first-order chi connectivity index (χ1) is 45.6. The third-order valence-corrected chi connectivity index (χ3v) is 17.5. The van der Waals surface area contributed by atoms with Crippen molar-refractivity contribution in [3.05, 3.63) is 316 Å². The fourth-order valence-electron chi connectivity index (χ4n) is 13.1. The van der Waals surface area contributed by atoms with Crippen LogP contribution in [0.25, 0.3) is 177 Å². The monoisotopic (exact) mass is 1170 g/mol. The van der Waals surface area contributed by atoms with E-state index in [1.807, 2.05) is 97.5 Å². The molecule has 0 aliphatic heterocycles. The minimum absolute atomic E-state index is 0.633. The molecule has 8 heteroatoms. The van der Waals surface area contributed by atoms with Gasteiger partial charge in [-0.3, -0.25) is 9.97 Å². The number of benzene rings is 14. The first-order valence-electron chi connectivity index (χ1n) is 30.8. The van der Waals surface area contributed by atoms with Crippen LogP contribution in [0.4, 0.5) is 0 Å². The smallest absolute Gasteiger partial charge is 0.164 e. The lowest BCUT2D eigenvalue weighted by atomic mass is 9.93. The number of para-hydroxylation sites is 1. The Morgan fingerprint density at radius 2 is 0.554 bits per heavy atom. The zero-order valence-corrected chi connectivity index (χ0v) is 49.6. The molecule has 0 unspecified atom stereocenters. The van der Waals surface area contributed by atoms with E-state index in [1.54, 1.807) is 0 Å².